The zero-order chi connectivity index (χ0) is 14.4. The molecule has 2 aromatic rings. The van der Waals surface area contributed by atoms with Gasteiger partial charge >= 0.3 is 0 Å². The average Bonchev–Trinajstić information content (AvgIpc) is 2.49. The second-order valence-electron chi connectivity index (χ2n) is 4.22. The van der Waals surface area contributed by atoms with Gasteiger partial charge in [-0.1, -0.05) is 12.1 Å². The number of benzene rings is 1. The van der Waals surface area contributed by atoms with Gasteiger partial charge < -0.3 is 5.32 Å². The highest BCUT2D eigenvalue weighted by molar-refractivity contribution is 5.63. The topological polar surface area (TPSA) is 72.5 Å². The lowest BCUT2D eigenvalue weighted by Crippen LogP contribution is -1.90. The quantitative estimate of drug-likeness (QED) is 0.858. The van der Waals surface area contributed by atoms with Crippen molar-refractivity contribution in [2.75, 3.05) is 5.32 Å². The highest BCUT2D eigenvalue weighted by atomic mass is 14.8. The number of allylic oxidation sites excluding steroid dienone is 1. The number of nitrogens with zero attached hydrogens (tertiary/aromatic N) is 3. The fourth-order valence-corrected chi connectivity index (χ4v) is 1.68. The third-order valence-electron chi connectivity index (χ3n) is 2.72. The average molecular weight is 260 g/mol. The van der Waals surface area contributed by atoms with E-state index >= 15 is 0 Å². The molecule has 0 saturated carbocycles. The third kappa shape index (κ3) is 3.22. The number of aryl methyl sites for hydroxylation is 1. The maximum Gasteiger partial charge on any atom is 0.145 e. The van der Waals surface area contributed by atoms with Crippen LogP contribution in [0.4, 0.5) is 5.69 Å². The molecule has 0 aliphatic carbocycles. The first-order chi connectivity index (χ1) is 9.72. The van der Waals surface area contributed by atoms with Crippen LogP contribution in [0.15, 0.2) is 54.4 Å². The van der Waals surface area contributed by atoms with Crippen LogP contribution < -0.4 is 5.32 Å². The zero-order valence-corrected chi connectivity index (χ0v) is 11.0. The summed E-state index contributed by atoms with van der Waals surface area (Å²) in [5, 5.41) is 20.2. The highest BCUT2D eigenvalue weighted by Crippen LogP contribution is 2.20. The van der Waals surface area contributed by atoms with Gasteiger partial charge in [0.1, 0.15) is 17.7 Å². The van der Waals surface area contributed by atoms with Crippen LogP contribution in [0, 0.1) is 29.6 Å². The number of anilines is 1. The Morgan fingerprint density at radius 1 is 1.15 bits per heavy atom. The van der Waals surface area contributed by atoms with Crippen LogP contribution in [0.3, 0.4) is 0 Å². The first kappa shape index (κ1) is 13.3. The second-order valence-corrected chi connectivity index (χ2v) is 4.22. The molecule has 2 rings (SSSR count). The van der Waals surface area contributed by atoms with Crippen molar-refractivity contribution >= 4 is 5.69 Å². The van der Waals surface area contributed by atoms with Gasteiger partial charge in [0.2, 0.25) is 0 Å². The summed E-state index contributed by atoms with van der Waals surface area (Å²) in [6.45, 7) is 2.03. The van der Waals surface area contributed by atoms with E-state index in [1.165, 1.54) is 6.20 Å². The normalized spacial score (nSPS) is 9.15. The molecule has 0 unspecified atom stereocenters. The van der Waals surface area contributed by atoms with Crippen molar-refractivity contribution in [3.63, 3.8) is 0 Å². The SMILES string of the molecule is Cc1ccnc(-c2ccc(NC=C(C#N)C#N)cc2)c1. The van der Waals surface area contributed by atoms with Crippen LogP contribution >= 0.6 is 0 Å². The van der Waals surface area contributed by atoms with Crippen LogP contribution in [0.2, 0.25) is 0 Å². The van der Waals surface area contributed by atoms with Crippen LogP contribution in [0.5, 0.6) is 0 Å². The monoisotopic (exact) mass is 260 g/mol. The van der Waals surface area contributed by atoms with Gasteiger partial charge in [0, 0.05) is 23.6 Å². The lowest BCUT2D eigenvalue weighted by atomic mass is 10.1. The molecule has 1 aromatic carbocycles. The number of hydrogen-bond acceptors (Lipinski definition) is 4. The molecule has 0 fully saturated rings. The number of nitrogens with one attached hydrogen (secondary N) is 1. The summed E-state index contributed by atoms with van der Waals surface area (Å²) in [4.78, 5) is 4.32. The molecule has 0 aliphatic rings. The predicted molar refractivity (Wildman–Crippen MR) is 77.3 cm³/mol. The van der Waals surface area contributed by atoms with E-state index < -0.39 is 0 Å². The molecule has 4 nitrogen and oxygen atoms in total. The Morgan fingerprint density at radius 2 is 1.85 bits per heavy atom. The van der Waals surface area contributed by atoms with E-state index in [0.29, 0.717) is 0 Å². The first-order valence-corrected chi connectivity index (χ1v) is 6.03. The Balaban J connectivity index is 2.17. The van der Waals surface area contributed by atoms with E-state index in [2.05, 4.69) is 10.3 Å². The fraction of sp³-hybridized carbons (Fsp3) is 0.0625. The van der Waals surface area contributed by atoms with Crippen molar-refractivity contribution in [3.05, 3.63) is 59.9 Å². The van der Waals surface area contributed by atoms with Crippen LogP contribution in [0.25, 0.3) is 11.3 Å². The minimum Gasteiger partial charge on any atom is -0.360 e. The number of hydrogen-bond donors (Lipinski definition) is 1. The maximum absolute atomic E-state index is 8.63. The number of aromatic nitrogens is 1. The van der Waals surface area contributed by atoms with Crippen LogP contribution in [0.1, 0.15) is 5.56 Å². The zero-order valence-electron chi connectivity index (χ0n) is 11.0. The smallest absolute Gasteiger partial charge is 0.145 e. The summed E-state index contributed by atoms with van der Waals surface area (Å²) < 4.78 is 0. The van der Waals surface area contributed by atoms with Crippen molar-refractivity contribution in [1.82, 2.24) is 4.98 Å². The Hall–Kier alpha value is -3.11. The molecule has 0 atom stereocenters. The molecule has 4 heteroatoms. The van der Waals surface area contributed by atoms with Crippen LogP contribution in [-0.4, -0.2) is 4.98 Å². The summed E-state index contributed by atoms with van der Waals surface area (Å²) in [5.74, 6) is 0. The minimum atomic E-state index is 0.0365. The Labute approximate surface area is 117 Å². The molecule has 1 aromatic heterocycles. The number of rotatable bonds is 3. The maximum atomic E-state index is 8.63. The molecule has 0 spiro atoms. The van der Waals surface area contributed by atoms with E-state index in [9.17, 15) is 0 Å². The minimum absolute atomic E-state index is 0.0365. The molecule has 20 heavy (non-hydrogen) atoms. The van der Waals surface area contributed by atoms with Gasteiger partial charge in [-0.25, -0.2) is 0 Å². The lowest BCUT2D eigenvalue weighted by Gasteiger charge is -2.04. The first-order valence-electron chi connectivity index (χ1n) is 6.03. The van der Waals surface area contributed by atoms with Crippen molar-refractivity contribution in [2.45, 2.75) is 6.92 Å². The summed E-state index contributed by atoms with van der Waals surface area (Å²) in [5.41, 5.74) is 3.94. The fourth-order valence-electron chi connectivity index (χ4n) is 1.68. The molecular weight excluding hydrogens is 248 g/mol. The molecule has 0 aliphatic heterocycles. The Kier molecular flexibility index (Phi) is 4.11. The van der Waals surface area contributed by atoms with Crippen molar-refractivity contribution in [3.8, 4) is 23.4 Å². The van der Waals surface area contributed by atoms with E-state index in [4.69, 9.17) is 10.5 Å². The molecule has 1 heterocycles. The molecule has 0 saturated heterocycles. The van der Waals surface area contributed by atoms with Crippen molar-refractivity contribution in [2.24, 2.45) is 0 Å². The largest absolute Gasteiger partial charge is 0.360 e. The molecule has 0 bridgehead atoms. The molecule has 0 radical (unpaired) electrons. The second kappa shape index (κ2) is 6.17. The standard InChI is InChI=1S/C16H12N4/c1-12-6-7-19-16(8-12)14-2-4-15(5-3-14)20-11-13(9-17)10-18/h2-8,11,20H,1H3. The predicted octanol–water partition coefficient (Wildman–Crippen LogP) is 3.40. The van der Waals surface area contributed by atoms with E-state index in [1.54, 1.807) is 18.3 Å². The molecular formula is C16H12N4. The van der Waals surface area contributed by atoms with Gasteiger partial charge in [-0.2, -0.15) is 10.5 Å². The van der Waals surface area contributed by atoms with Crippen molar-refractivity contribution in [1.29, 1.82) is 10.5 Å². The Bertz CT molecular complexity index is 699. The third-order valence-corrected chi connectivity index (χ3v) is 2.72. The van der Waals surface area contributed by atoms with Gasteiger partial charge in [0.25, 0.3) is 0 Å². The van der Waals surface area contributed by atoms with Gasteiger partial charge in [0.15, 0.2) is 0 Å². The Morgan fingerprint density at radius 3 is 2.45 bits per heavy atom. The lowest BCUT2D eigenvalue weighted by molar-refractivity contribution is 1.29. The van der Waals surface area contributed by atoms with Crippen LogP contribution in [-0.2, 0) is 0 Å². The number of nitriles is 2. The summed E-state index contributed by atoms with van der Waals surface area (Å²) >= 11 is 0. The van der Waals surface area contributed by atoms with Gasteiger partial charge in [-0.15, -0.1) is 0 Å². The van der Waals surface area contributed by atoms with E-state index in [1.807, 2.05) is 43.3 Å². The molecule has 1 N–H and O–H groups in total. The summed E-state index contributed by atoms with van der Waals surface area (Å²) in [6.07, 6.45) is 3.17. The molecule has 0 amide bonds. The van der Waals surface area contributed by atoms with Gasteiger partial charge in [-0.3, -0.25) is 4.98 Å². The summed E-state index contributed by atoms with van der Waals surface area (Å²) in [7, 11) is 0. The highest BCUT2D eigenvalue weighted by Gasteiger charge is 1.99. The van der Waals surface area contributed by atoms with Gasteiger partial charge in [0.05, 0.1) is 5.69 Å². The summed E-state index contributed by atoms with van der Waals surface area (Å²) in [6, 6.07) is 15.2. The van der Waals surface area contributed by atoms with E-state index in [0.717, 1.165) is 22.5 Å². The number of pyridine rings is 1. The van der Waals surface area contributed by atoms with Crippen molar-refractivity contribution < 1.29 is 0 Å². The molecule has 96 valence electrons. The van der Waals surface area contributed by atoms with Gasteiger partial charge in [-0.05, 0) is 36.8 Å². The van der Waals surface area contributed by atoms with E-state index in [-0.39, 0.29) is 5.57 Å².